The molecule has 2 aromatic rings. The van der Waals surface area contributed by atoms with Crippen LogP contribution in [0.2, 0.25) is 0 Å². The third-order valence-corrected chi connectivity index (χ3v) is 3.89. The number of halogens is 1. The Morgan fingerprint density at radius 3 is 2.61 bits per heavy atom. The lowest BCUT2D eigenvalue weighted by Gasteiger charge is -2.23. The maximum atomic E-state index is 6.45. The number of hydrogen-bond acceptors (Lipinski definition) is 1. The average Bonchev–Trinajstić information content (AvgIpc) is 2.69. The molecule has 2 heteroatoms. The fourth-order valence-electron chi connectivity index (χ4n) is 2.48. The third-order valence-electron chi connectivity index (χ3n) is 3.50. The van der Waals surface area contributed by atoms with Crippen LogP contribution in [-0.2, 0) is 13.0 Å². The van der Waals surface area contributed by atoms with E-state index in [0.29, 0.717) is 0 Å². The van der Waals surface area contributed by atoms with E-state index in [9.17, 15) is 0 Å². The summed E-state index contributed by atoms with van der Waals surface area (Å²) in [6.45, 7) is 2.99. The van der Waals surface area contributed by atoms with Gasteiger partial charge in [0.25, 0.3) is 0 Å². The van der Waals surface area contributed by atoms with E-state index >= 15 is 0 Å². The van der Waals surface area contributed by atoms with Crippen LogP contribution in [0, 0.1) is 6.92 Å². The summed E-state index contributed by atoms with van der Waals surface area (Å²) in [7, 11) is 0. The van der Waals surface area contributed by atoms with Gasteiger partial charge in [0.2, 0.25) is 0 Å². The van der Waals surface area contributed by atoms with Crippen LogP contribution in [-0.4, -0.2) is 5.50 Å². The maximum absolute atomic E-state index is 6.45. The predicted molar refractivity (Wildman–Crippen MR) is 77.1 cm³/mol. The van der Waals surface area contributed by atoms with Gasteiger partial charge in [-0.2, -0.15) is 0 Å². The van der Waals surface area contributed by atoms with Gasteiger partial charge in [-0.3, -0.25) is 0 Å². The van der Waals surface area contributed by atoms with Gasteiger partial charge < -0.3 is 4.90 Å². The minimum absolute atomic E-state index is 0.0729. The lowest BCUT2D eigenvalue weighted by molar-refractivity contribution is 0.782. The first-order valence-corrected chi connectivity index (χ1v) is 6.72. The van der Waals surface area contributed by atoms with Crippen LogP contribution in [0.15, 0.2) is 48.5 Å². The number of hydrogen-bond donors (Lipinski definition) is 0. The molecule has 0 radical (unpaired) electrons. The SMILES string of the molecule is Cc1ccc(CN2c3ccccc3CC2Cl)cc1. The molecule has 1 aliphatic rings. The van der Waals surface area contributed by atoms with Gasteiger partial charge in [0.05, 0.1) is 0 Å². The molecule has 0 aliphatic carbocycles. The van der Waals surface area contributed by atoms with Crippen molar-refractivity contribution >= 4 is 17.3 Å². The number of rotatable bonds is 2. The summed E-state index contributed by atoms with van der Waals surface area (Å²) in [4.78, 5) is 2.28. The van der Waals surface area contributed by atoms with Crippen LogP contribution in [0.25, 0.3) is 0 Å². The number of para-hydroxylation sites is 1. The van der Waals surface area contributed by atoms with Gasteiger partial charge in [0.15, 0.2) is 0 Å². The molecule has 92 valence electrons. The van der Waals surface area contributed by atoms with Crippen molar-refractivity contribution in [1.82, 2.24) is 0 Å². The number of aryl methyl sites for hydroxylation is 1. The quantitative estimate of drug-likeness (QED) is 0.578. The van der Waals surface area contributed by atoms with E-state index in [1.165, 1.54) is 22.4 Å². The van der Waals surface area contributed by atoms with Gasteiger partial charge in [0.1, 0.15) is 5.50 Å². The van der Waals surface area contributed by atoms with E-state index in [4.69, 9.17) is 11.6 Å². The standard InChI is InChI=1S/C16H16ClN/c1-12-6-8-13(9-7-12)11-18-15-5-3-2-4-14(15)10-16(18)17/h2-9,16H,10-11H2,1H3. The summed E-state index contributed by atoms with van der Waals surface area (Å²) in [5.41, 5.74) is 5.30. The van der Waals surface area contributed by atoms with E-state index < -0.39 is 0 Å². The predicted octanol–water partition coefficient (Wildman–Crippen LogP) is 4.12. The largest absolute Gasteiger partial charge is 0.350 e. The lowest BCUT2D eigenvalue weighted by Crippen LogP contribution is -2.26. The Balaban J connectivity index is 1.87. The molecular weight excluding hydrogens is 242 g/mol. The topological polar surface area (TPSA) is 3.24 Å². The van der Waals surface area contributed by atoms with E-state index in [1.807, 2.05) is 0 Å². The Kier molecular flexibility index (Phi) is 3.00. The van der Waals surface area contributed by atoms with Crippen LogP contribution in [0.4, 0.5) is 5.69 Å². The Morgan fingerprint density at radius 2 is 1.83 bits per heavy atom. The summed E-state index contributed by atoms with van der Waals surface area (Å²) in [5.74, 6) is 0. The second-order valence-corrected chi connectivity index (χ2v) is 5.38. The van der Waals surface area contributed by atoms with E-state index in [-0.39, 0.29) is 5.50 Å². The van der Waals surface area contributed by atoms with Crippen molar-refractivity contribution in [3.8, 4) is 0 Å². The van der Waals surface area contributed by atoms with Crippen LogP contribution in [0.3, 0.4) is 0 Å². The fraction of sp³-hybridized carbons (Fsp3) is 0.250. The zero-order valence-corrected chi connectivity index (χ0v) is 11.2. The van der Waals surface area contributed by atoms with Crippen molar-refractivity contribution in [2.45, 2.75) is 25.4 Å². The van der Waals surface area contributed by atoms with Gasteiger partial charge in [-0.05, 0) is 24.1 Å². The second kappa shape index (κ2) is 4.66. The minimum Gasteiger partial charge on any atom is -0.350 e. The first kappa shape index (κ1) is 11.6. The smallest absolute Gasteiger partial charge is 0.108 e. The highest BCUT2D eigenvalue weighted by Gasteiger charge is 2.26. The molecular formula is C16H16ClN. The van der Waals surface area contributed by atoms with Gasteiger partial charge in [0, 0.05) is 18.7 Å². The third kappa shape index (κ3) is 2.11. The van der Waals surface area contributed by atoms with Crippen LogP contribution in [0.1, 0.15) is 16.7 Å². The molecule has 0 saturated heterocycles. The molecule has 0 N–H and O–H groups in total. The highest BCUT2D eigenvalue weighted by Crippen LogP contribution is 2.34. The molecule has 0 amide bonds. The molecule has 1 heterocycles. The van der Waals surface area contributed by atoms with Gasteiger partial charge >= 0.3 is 0 Å². The monoisotopic (exact) mass is 257 g/mol. The summed E-state index contributed by atoms with van der Waals surface area (Å²) in [5, 5.41) is 0. The molecule has 0 bridgehead atoms. The molecule has 1 atom stereocenters. The first-order valence-electron chi connectivity index (χ1n) is 6.28. The number of alkyl halides is 1. The van der Waals surface area contributed by atoms with Crippen molar-refractivity contribution < 1.29 is 0 Å². The lowest BCUT2D eigenvalue weighted by atomic mass is 10.1. The summed E-state index contributed by atoms with van der Waals surface area (Å²) in [6, 6.07) is 17.2. The van der Waals surface area contributed by atoms with E-state index in [2.05, 4.69) is 60.4 Å². The van der Waals surface area contributed by atoms with Crippen LogP contribution in [0.5, 0.6) is 0 Å². The van der Waals surface area contributed by atoms with Crippen molar-refractivity contribution in [2.24, 2.45) is 0 Å². The van der Waals surface area contributed by atoms with E-state index in [0.717, 1.165) is 13.0 Å². The Bertz CT molecular complexity index is 547. The summed E-state index contributed by atoms with van der Waals surface area (Å²) >= 11 is 6.45. The minimum atomic E-state index is 0.0729. The number of benzene rings is 2. The van der Waals surface area contributed by atoms with Crippen LogP contribution < -0.4 is 4.90 Å². The first-order chi connectivity index (χ1) is 8.74. The van der Waals surface area contributed by atoms with Crippen LogP contribution >= 0.6 is 11.6 Å². The van der Waals surface area contributed by atoms with Gasteiger partial charge in [-0.1, -0.05) is 59.6 Å². The summed E-state index contributed by atoms with van der Waals surface area (Å²) < 4.78 is 0. The highest BCUT2D eigenvalue weighted by molar-refractivity contribution is 6.22. The zero-order valence-electron chi connectivity index (χ0n) is 10.4. The molecule has 3 rings (SSSR count). The number of nitrogens with zero attached hydrogens (tertiary/aromatic N) is 1. The Labute approximate surface area is 113 Å². The van der Waals surface area contributed by atoms with Crippen molar-refractivity contribution in [1.29, 1.82) is 0 Å². The fourth-order valence-corrected chi connectivity index (χ4v) is 2.82. The molecule has 2 aromatic carbocycles. The highest BCUT2D eigenvalue weighted by atomic mass is 35.5. The maximum Gasteiger partial charge on any atom is 0.108 e. The Morgan fingerprint density at radius 1 is 1.11 bits per heavy atom. The van der Waals surface area contributed by atoms with Gasteiger partial charge in [-0.15, -0.1) is 0 Å². The number of fused-ring (bicyclic) bond motifs is 1. The number of anilines is 1. The van der Waals surface area contributed by atoms with Crippen molar-refractivity contribution in [2.75, 3.05) is 4.90 Å². The molecule has 0 saturated carbocycles. The molecule has 0 fully saturated rings. The molecule has 1 nitrogen and oxygen atoms in total. The normalized spacial score (nSPS) is 17.9. The van der Waals surface area contributed by atoms with Crippen molar-refractivity contribution in [3.05, 3.63) is 65.2 Å². The molecule has 18 heavy (non-hydrogen) atoms. The molecule has 1 unspecified atom stereocenters. The average molecular weight is 258 g/mol. The summed E-state index contributed by atoms with van der Waals surface area (Å²) in [6.07, 6.45) is 0.934. The van der Waals surface area contributed by atoms with E-state index in [1.54, 1.807) is 0 Å². The molecule has 0 spiro atoms. The Hall–Kier alpha value is -1.47. The second-order valence-electron chi connectivity index (χ2n) is 4.88. The zero-order chi connectivity index (χ0) is 12.5. The molecule has 0 aromatic heterocycles. The van der Waals surface area contributed by atoms with Gasteiger partial charge in [-0.25, -0.2) is 0 Å². The van der Waals surface area contributed by atoms with Crippen molar-refractivity contribution in [3.63, 3.8) is 0 Å². The molecule has 1 aliphatic heterocycles.